The van der Waals surface area contributed by atoms with E-state index in [0.29, 0.717) is 23.9 Å². The molecule has 6 rings (SSSR count). The van der Waals surface area contributed by atoms with Crippen LogP contribution in [0.5, 0.6) is 0 Å². The van der Waals surface area contributed by atoms with E-state index in [1.807, 2.05) is 25.1 Å². The van der Waals surface area contributed by atoms with Gasteiger partial charge in [0, 0.05) is 34.9 Å². The van der Waals surface area contributed by atoms with Crippen LogP contribution < -0.4 is 0 Å². The smallest absolute Gasteiger partial charge is 0.185 e. The average molecular weight is 553 g/mol. The van der Waals surface area contributed by atoms with Crippen molar-refractivity contribution in [3.8, 4) is 6.07 Å². The van der Waals surface area contributed by atoms with E-state index in [9.17, 15) is 20.0 Å². The quantitative estimate of drug-likeness (QED) is 0.438. The Morgan fingerprint density at radius 3 is 2.94 bits per heavy atom. The van der Waals surface area contributed by atoms with E-state index in [1.165, 1.54) is 0 Å². The monoisotopic (exact) mass is 552 g/mol. The molecule has 0 radical (unpaired) electrons. The summed E-state index contributed by atoms with van der Waals surface area (Å²) in [6, 6.07) is 5.64. The minimum Gasteiger partial charge on any atom is -0.393 e. The van der Waals surface area contributed by atoms with Crippen molar-refractivity contribution in [1.29, 1.82) is 5.26 Å². The molecule has 188 valence electrons. The van der Waals surface area contributed by atoms with Gasteiger partial charge in [-0.2, -0.15) is 5.26 Å². The summed E-state index contributed by atoms with van der Waals surface area (Å²) in [7, 11) is 0. The Balaban J connectivity index is 1.42. The number of nitriles is 1. The molecule has 9 atom stereocenters. The number of Topliss-reactive ketones (excluding diaryl/α,β-unsaturated/α-hetero) is 1. The number of ketones is 2. The normalized spacial score (nSPS) is 44.6. The Morgan fingerprint density at radius 2 is 2.19 bits per heavy atom. The van der Waals surface area contributed by atoms with Crippen molar-refractivity contribution in [3.05, 3.63) is 52.3 Å². The summed E-state index contributed by atoms with van der Waals surface area (Å²) in [5.41, 5.74) is -0.584. The number of hydrogen-bond donors (Lipinski definition) is 1. The highest BCUT2D eigenvalue weighted by Gasteiger charge is 2.75. The van der Waals surface area contributed by atoms with Gasteiger partial charge in [-0.1, -0.05) is 31.6 Å². The summed E-state index contributed by atoms with van der Waals surface area (Å²) in [6.07, 6.45) is 7.35. The van der Waals surface area contributed by atoms with Crippen LogP contribution in [0.1, 0.15) is 57.8 Å². The van der Waals surface area contributed by atoms with E-state index in [-0.39, 0.29) is 35.7 Å². The Bertz CT molecular complexity index is 1250. The lowest BCUT2D eigenvalue weighted by Gasteiger charge is -2.59. The maximum absolute atomic E-state index is 13.8. The van der Waals surface area contributed by atoms with E-state index in [1.54, 1.807) is 18.3 Å². The summed E-state index contributed by atoms with van der Waals surface area (Å²) in [5, 5.41) is 21.2. The topological polar surface area (TPSA) is 110 Å². The van der Waals surface area contributed by atoms with Gasteiger partial charge in [0.2, 0.25) is 0 Å². The van der Waals surface area contributed by atoms with Crippen LogP contribution in [0, 0.1) is 39.9 Å². The maximum Gasteiger partial charge on any atom is 0.185 e. The number of halogens is 1. The Labute approximate surface area is 218 Å². The molecule has 2 heterocycles. The van der Waals surface area contributed by atoms with Gasteiger partial charge >= 0.3 is 0 Å². The Hall–Kier alpha value is -2.18. The fraction of sp³-hybridized carbons (Fsp3) is 0.571. The van der Waals surface area contributed by atoms with Gasteiger partial charge in [0.25, 0.3) is 0 Å². The van der Waals surface area contributed by atoms with Gasteiger partial charge in [-0.15, -0.1) is 0 Å². The SMILES string of the molecule is C[C@]12C=CC(=O)CC1=CC[C@@H]1[C@@H]2[C@@H](O)C[C@@]2(C)[C@H]1C[C@H]1OC(c3ccnc(Br)c3)O[C@]12C(=O)CC#N. The molecule has 1 aliphatic heterocycles. The number of hydrogen-bond acceptors (Lipinski definition) is 7. The fourth-order valence-corrected chi connectivity index (χ4v) is 8.78. The zero-order valence-corrected chi connectivity index (χ0v) is 21.9. The van der Waals surface area contributed by atoms with Crippen molar-refractivity contribution in [1.82, 2.24) is 4.98 Å². The highest BCUT2D eigenvalue weighted by Crippen LogP contribution is 2.70. The first-order valence-electron chi connectivity index (χ1n) is 12.6. The first-order valence-corrected chi connectivity index (χ1v) is 13.4. The summed E-state index contributed by atoms with van der Waals surface area (Å²) < 4.78 is 13.7. The van der Waals surface area contributed by atoms with Crippen LogP contribution in [-0.4, -0.2) is 39.5 Å². The number of aliphatic hydroxyl groups is 1. The molecule has 0 spiro atoms. The number of fused-ring (bicyclic) bond motifs is 7. The molecule has 0 bridgehead atoms. The Kier molecular flexibility index (Phi) is 5.48. The molecule has 7 nitrogen and oxygen atoms in total. The van der Waals surface area contributed by atoms with E-state index < -0.39 is 34.9 Å². The van der Waals surface area contributed by atoms with Crippen LogP contribution in [0.4, 0.5) is 0 Å². The van der Waals surface area contributed by atoms with E-state index in [0.717, 1.165) is 17.6 Å². The van der Waals surface area contributed by atoms with Crippen molar-refractivity contribution < 1.29 is 24.2 Å². The number of ether oxygens (including phenoxy) is 2. The van der Waals surface area contributed by atoms with E-state index >= 15 is 0 Å². The summed E-state index contributed by atoms with van der Waals surface area (Å²) in [6.45, 7) is 4.17. The molecule has 1 aromatic rings. The predicted octanol–water partition coefficient (Wildman–Crippen LogP) is 4.37. The number of allylic oxidation sites excluding steroid dienone is 4. The third-order valence-corrected chi connectivity index (χ3v) is 10.3. The van der Waals surface area contributed by atoms with Crippen LogP contribution in [0.2, 0.25) is 0 Å². The van der Waals surface area contributed by atoms with Gasteiger partial charge in [0.1, 0.15) is 4.60 Å². The molecule has 36 heavy (non-hydrogen) atoms. The zero-order valence-electron chi connectivity index (χ0n) is 20.3. The second kappa shape index (κ2) is 8.16. The standard InChI is InChI=1S/C28H29BrN2O5/c1-26-8-5-17(32)12-16(26)3-4-18-19-13-22-28(21(34)6-9-30,27(19,2)14-20(33)24(18)26)36-25(35-22)15-7-10-31-23(29)11-15/h3,5,7-8,10-11,18-20,22,24-25,33H,4,6,12-14H2,1-2H3/t18-,19-,20-,22+,24+,25?,26-,27-,28+/m0/s1. The third-order valence-electron chi connectivity index (χ3n) is 9.87. The molecule has 5 aliphatic rings. The van der Waals surface area contributed by atoms with Crippen LogP contribution in [0.25, 0.3) is 0 Å². The summed E-state index contributed by atoms with van der Waals surface area (Å²) in [5.74, 6) is -0.0800. The molecule has 0 aromatic carbocycles. The van der Waals surface area contributed by atoms with Crippen molar-refractivity contribution in [2.75, 3.05) is 0 Å². The number of aliphatic hydroxyl groups excluding tert-OH is 1. The number of aromatic nitrogens is 1. The highest BCUT2D eigenvalue weighted by atomic mass is 79.9. The van der Waals surface area contributed by atoms with Crippen LogP contribution >= 0.6 is 15.9 Å². The minimum atomic E-state index is -1.32. The number of carbonyl (C=O) groups excluding carboxylic acids is 2. The van der Waals surface area contributed by atoms with Crippen molar-refractivity contribution in [3.63, 3.8) is 0 Å². The molecule has 3 fully saturated rings. The lowest BCUT2D eigenvalue weighted by atomic mass is 9.46. The van der Waals surface area contributed by atoms with Crippen molar-refractivity contribution >= 4 is 27.5 Å². The molecule has 2 saturated carbocycles. The van der Waals surface area contributed by atoms with E-state index in [4.69, 9.17) is 9.47 Å². The van der Waals surface area contributed by atoms with Crippen LogP contribution in [0.3, 0.4) is 0 Å². The van der Waals surface area contributed by atoms with Gasteiger partial charge in [0.15, 0.2) is 23.5 Å². The predicted molar refractivity (Wildman–Crippen MR) is 132 cm³/mol. The number of pyridine rings is 1. The van der Waals surface area contributed by atoms with Gasteiger partial charge < -0.3 is 14.6 Å². The number of carbonyl (C=O) groups is 2. The first kappa shape index (κ1) is 24.2. The molecule has 0 amide bonds. The molecular formula is C28H29BrN2O5. The molecule has 1 aromatic heterocycles. The minimum absolute atomic E-state index is 0.0596. The molecule has 1 saturated heterocycles. The van der Waals surface area contributed by atoms with Crippen molar-refractivity contribution in [2.24, 2.45) is 28.6 Å². The van der Waals surface area contributed by atoms with Crippen molar-refractivity contribution in [2.45, 2.75) is 70.1 Å². The summed E-state index contributed by atoms with van der Waals surface area (Å²) >= 11 is 3.39. The second-order valence-electron chi connectivity index (χ2n) is 11.4. The molecule has 1 N–H and O–H groups in total. The van der Waals surface area contributed by atoms with Crippen LogP contribution in [-0.2, 0) is 19.1 Å². The number of nitrogens with zero attached hydrogens (tertiary/aromatic N) is 2. The fourth-order valence-electron chi connectivity index (χ4n) is 8.39. The van der Waals surface area contributed by atoms with Gasteiger partial charge in [-0.05, 0) is 65.2 Å². The molecule has 4 aliphatic carbocycles. The Morgan fingerprint density at radius 1 is 1.39 bits per heavy atom. The second-order valence-corrected chi connectivity index (χ2v) is 12.2. The molecular weight excluding hydrogens is 524 g/mol. The lowest BCUT2D eigenvalue weighted by molar-refractivity contribution is -0.197. The van der Waals surface area contributed by atoms with Gasteiger partial charge in [-0.3, -0.25) is 9.59 Å². The zero-order chi connectivity index (χ0) is 25.5. The first-order chi connectivity index (χ1) is 17.1. The average Bonchev–Trinajstić information content (AvgIpc) is 3.33. The molecule has 8 heteroatoms. The van der Waals surface area contributed by atoms with E-state index in [2.05, 4.69) is 33.9 Å². The van der Waals surface area contributed by atoms with Gasteiger partial charge in [-0.25, -0.2) is 4.98 Å². The van der Waals surface area contributed by atoms with Gasteiger partial charge in [0.05, 0.1) is 24.7 Å². The van der Waals surface area contributed by atoms with Crippen LogP contribution in [0.15, 0.2) is 46.7 Å². The highest BCUT2D eigenvalue weighted by molar-refractivity contribution is 9.10. The third kappa shape index (κ3) is 3.10. The molecule has 1 unspecified atom stereocenters. The largest absolute Gasteiger partial charge is 0.393 e. The lowest BCUT2D eigenvalue weighted by Crippen LogP contribution is -2.62. The summed E-state index contributed by atoms with van der Waals surface area (Å²) in [4.78, 5) is 30.1. The maximum atomic E-state index is 13.8. The number of rotatable bonds is 3.